The van der Waals surface area contributed by atoms with Gasteiger partial charge in [0.1, 0.15) is 23.4 Å². The average molecular weight is 446 g/mol. The van der Waals surface area contributed by atoms with Gasteiger partial charge in [-0.15, -0.1) is 0 Å². The fourth-order valence-electron chi connectivity index (χ4n) is 4.35. The lowest BCUT2D eigenvalue weighted by Gasteiger charge is -2.37. The Kier molecular flexibility index (Phi) is 7.92. The molecule has 1 amide bonds. The number of amides is 1. The van der Waals surface area contributed by atoms with Gasteiger partial charge >= 0.3 is 0 Å². The molecule has 7 nitrogen and oxygen atoms in total. The molecule has 3 rings (SSSR count). The van der Waals surface area contributed by atoms with Crippen LogP contribution in [0.5, 0.6) is 5.75 Å². The van der Waals surface area contributed by atoms with Gasteiger partial charge < -0.3 is 14.2 Å². The minimum absolute atomic E-state index is 0.146. The van der Waals surface area contributed by atoms with E-state index in [9.17, 15) is 15.3 Å². The summed E-state index contributed by atoms with van der Waals surface area (Å²) in [6.07, 6.45) is 2.73. The highest BCUT2D eigenvalue weighted by molar-refractivity contribution is 6.01. The summed E-state index contributed by atoms with van der Waals surface area (Å²) in [7, 11) is 1.61. The molecule has 0 bridgehead atoms. The zero-order valence-corrected chi connectivity index (χ0v) is 19.8. The van der Waals surface area contributed by atoms with E-state index in [2.05, 4.69) is 28.5 Å². The molecule has 2 heterocycles. The number of methoxy groups -OCH3 is 1. The summed E-state index contributed by atoms with van der Waals surface area (Å²) in [5.74, 6) is 0.493. The van der Waals surface area contributed by atoms with E-state index < -0.39 is 0 Å². The molecule has 0 aliphatic carbocycles. The lowest BCUT2D eigenvalue weighted by atomic mass is 10.0. The molecule has 0 N–H and O–H groups in total. The van der Waals surface area contributed by atoms with Crippen molar-refractivity contribution in [2.45, 2.75) is 39.8 Å². The Morgan fingerprint density at radius 1 is 1.15 bits per heavy atom. The van der Waals surface area contributed by atoms with Crippen molar-refractivity contribution in [3.05, 3.63) is 58.4 Å². The Bertz CT molecular complexity index is 1090. The van der Waals surface area contributed by atoms with Crippen molar-refractivity contribution in [2.75, 3.05) is 33.3 Å². The van der Waals surface area contributed by atoms with Crippen LogP contribution in [-0.2, 0) is 11.3 Å². The number of piperazine rings is 1. The van der Waals surface area contributed by atoms with Crippen LogP contribution in [0.15, 0.2) is 35.9 Å². The van der Waals surface area contributed by atoms with E-state index in [0.29, 0.717) is 26.2 Å². The first-order chi connectivity index (χ1) is 15.9. The van der Waals surface area contributed by atoms with Crippen LogP contribution in [0.25, 0.3) is 6.08 Å². The van der Waals surface area contributed by atoms with Crippen LogP contribution in [0.1, 0.15) is 41.9 Å². The number of ether oxygens (including phenoxy) is 1. The predicted octanol–water partition coefficient (Wildman–Crippen LogP) is 3.84. The maximum atomic E-state index is 13.1. The molecule has 1 unspecified atom stereocenters. The third-order valence-electron chi connectivity index (χ3n) is 6.23. The number of carbonyl (C=O) groups is 1. The minimum Gasteiger partial charge on any atom is -0.497 e. The van der Waals surface area contributed by atoms with Gasteiger partial charge in [-0.25, -0.2) is 0 Å². The maximum absolute atomic E-state index is 13.1. The first-order valence-corrected chi connectivity index (χ1v) is 11.3. The number of benzene rings is 1. The molecule has 1 atom stereocenters. The smallest absolute Gasteiger partial charge is 0.264 e. The second-order valence-corrected chi connectivity index (χ2v) is 8.28. The van der Waals surface area contributed by atoms with Gasteiger partial charge in [0.25, 0.3) is 5.91 Å². The Balaban J connectivity index is 1.70. The lowest BCUT2D eigenvalue weighted by molar-refractivity contribution is -0.128. The number of aromatic nitrogens is 1. The fraction of sp³-hybridized carbons (Fsp3) is 0.423. The van der Waals surface area contributed by atoms with Crippen LogP contribution in [0.3, 0.4) is 0 Å². The lowest BCUT2D eigenvalue weighted by Crippen LogP contribution is -2.49. The van der Waals surface area contributed by atoms with Gasteiger partial charge in [0.2, 0.25) is 0 Å². The van der Waals surface area contributed by atoms with Crippen molar-refractivity contribution >= 4 is 12.0 Å². The summed E-state index contributed by atoms with van der Waals surface area (Å²) in [6, 6.07) is 13.6. The summed E-state index contributed by atoms with van der Waals surface area (Å²) in [6.45, 7) is 9.19. The molecule has 1 aliphatic heterocycles. The van der Waals surface area contributed by atoms with Crippen molar-refractivity contribution in [3.63, 3.8) is 0 Å². The normalized spacial score (nSPS) is 15.6. The fourth-order valence-corrected chi connectivity index (χ4v) is 4.35. The predicted molar refractivity (Wildman–Crippen MR) is 127 cm³/mol. The molecular formula is C26H31N5O2. The highest BCUT2D eigenvalue weighted by Gasteiger charge is 2.28. The molecule has 1 fully saturated rings. The average Bonchev–Trinajstić information content (AvgIpc) is 3.11. The van der Waals surface area contributed by atoms with Crippen LogP contribution in [0.2, 0.25) is 0 Å². The molecule has 0 radical (unpaired) electrons. The van der Waals surface area contributed by atoms with Gasteiger partial charge in [0, 0.05) is 44.1 Å². The molecule has 0 saturated carbocycles. The highest BCUT2D eigenvalue weighted by Crippen LogP contribution is 2.25. The molecule has 172 valence electrons. The van der Waals surface area contributed by atoms with E-state index in [1.807, 2.05) is 44.2 Å². The highest BCUT2D eigenvalue weighted by atomic mass is 16.5. The SMILES string of the molecule is CCCn1c(C)cc(/C=C(/C#N)C(=O)N2CCN(C(C#N)c3ccc(OC)cc3)CC2)c1C. The first kappa shape index (κ1) is 24.1. The largest absolute Gasteiger partial charge is 0.497 e. The van der Waals surface area contributed by atoms with Crippen LogP contribution in [0, 0.1) is 36.5 Å². The van der Waals surface area contributed by atoms with Gasteiger partial charge in [-0.05, 0) is 55.7 Å². The molecular weight excluding hydrogens is 414 g/mol. The molecule has 1 aromatic heterocycles. The summed E-state index contributed by atoms with van der Waals surface area (Å²) < 4.78 is 7.41. The Hall–Kier alpha value is -3.55. The van der Waals surface area contributed by atoms with Crippen LogP contribution >= 0.6 is 0 Å². The second kappa shape index (κ2) is 10.8. The van der Waals surface area contributed by atoms with Crippen molar-refractivity contribution < 1.29 is 9.53 Å². The number of nitrogens with zero attached hydrogens (tertiary/aromatic N) is 5. The van der Waals surface area contributed by atoms with Crippen molar-refractivity contribution in [1.82, 2.24) is 14.4 Å². The Morgan fingerprint density at radius 2 is 1.82 bits per heavy atom. The van der Waals surface area contributed by atoms with Gasteiger partial charge in [-0.2, -0.15) is 10.5 Å². The van der Waals surface area contributed by atoms with Crippen LogP contribution in [0.4, 0.5) is 0 Å². The zero-order chi connectivity index (χ0) is 24.0. The Labute approximate surface area is 196 Å². The van der Waals surface area contributed by atoms with E-state index in [-0.39, 0.29) is 17.5 Å². The van der Waals surface area contributed by atoms with Gasteiger partial charge in [-0.1, -0.05) is 19.1 Å². The third kappa shape index (κ3) is 5.27. The quantitative estimate of drug-likeness (QED) is 0.477. The molecule has 2 aromatic rings. The van der Waals surface area contributed by atoms with Gasteiger partial charge in [0.05, 0.1) is 13.2 Å². The maximum Gasteiger partial charge on any atom is 0.264 e. The van der Waals surface area contributed by atoms with E-state index in [4.69, 9.17) is 4.74 Å². The van der Waals surface area contributed by atoms with Crippen LogP contribution in [-0.4, -0.2) is 53.6 Å². The number of aryl methyl sites for hydroxylation is 1. The summed E-state index contributed by atoms with van der Waals surface area (Å²) >= 11 is 0. The zero-order valence-electron chi connectivity index (χ0n) is 19.8. The van der Waals surface area contributed by atoms with E-state index in [1.165, 1.54) is 0 Å². The van der Waals surface area contributed by atoms with Crippen LogP contribution < -0.4 is 4.74 Å². The number of hydrogen-bond acceptors (Lipinski definition) is 5. The molecule has 1 saturated heterocycles. The van der Waals surface area contributed by atoms with Crippen molar-refractivity contribution in [2.24, 2.45) is 0 Å². The molecule has 0 spiro atoms. The van der Waals surface area contributed by atoms with Gasteiger partial charge in [-0.3, -0.25) is 9.69 Å². The van der Waals surface area contributed by atoms with E-state index in [0.717, 1.165) is 41.2 Å². The number of hydrogen-bond donors (Lipinski definition) is 0. The number of carbonyl (C=O) groups excluding carboxylic acids is 1. The summed E-state index contributed by atoms with van der Waals surface area (Å²) in [4.78, 5) is 16.9. The molecule has 1 aliphatic rings. The first-order valence-electron chi connectivity index (χ1n) is 11.3. The second-order valence-electron chi connectivity index (χ2n) is 8.28. The van der Waals surface area contributed by atoms with E-state index in [1.54, 1.807) is 18.1 Å². The standard InChI is InChI=1S/C26H31N5O2/c1-5-10-31-19(2)15-22(20(31)3)16-23(17-27)26(32)30-13-11-29(12-14-30)25(18-28)21-6-8-24(33-4)9-7-21/h6-9,15-16,25H,5,10-14H2,1-4H3/b23-16-. The van der Waals surface area contributed by atoms with E-state index >= 15 is 0 Å². The Morgan fingerprint density at radius 3 is 2.36 bits per heavy atom. The summed E-state index contributed by atoms with van der Waals surface area (Å²) in [5, 5.41) is 19.4. The molecule has 33 heavy (non-hydrogen) atoms. The number of rotatable bonds is 7. The van der Waals surface area contributed by atoms with Gasteiger partial charge in [0.15, 0.2) is 0 Å². The summed E-state index contributed by atoms with van der Waals surface area (Å²) in [5.41, 5.74) is 4.15. The molecule has 1 aromatic carbocycles. The minimum atomic E-state index is -0.386. The topological polar surface area (TPSA) is 85.3 Å². The molecule has 7 heteroatoms. The third-order valence-corrected chi connectivity index (χ3v) is 6.23. The monoisotopic (exact) mass is 445 g/mol. The van der Waals surface area contributed by atoms with Crippen molar-refractivity contribution in [3.8, 4) is 17.9 Å². The van der Waals surface area contributed by atoms with Crippen molar-refractivity contribution in [1.29, 1.82) is 10.5 Å². The number of nitriles is 2.